The van der Waals surface area contributed by atoms with Crippen LogP contribution >= 0.6 is 0 Å². The van der Waals surface area contributed by atoms with Gasteiger partial charge in [0.25, 0.3) is 0 Å². The molecule has 1 aliphatic carbocycles. The molecule has 0 aromatic carbocycles. The second-order valence-electron chi connectivity index (χ2n) is 5.72. The number of rotatable bonds is 3. The first kappa shape index (κ1) is 14.9. The molecule has 0 bridgehead atoms. The van der Waals surface area contributed by atoms with Crippen LogP contribution < -0.4 is 11.1 Å². The Hall–Kier alpha value is -1.53. The number of nitrogen functional groups attached to an aromatic ring is 1. The van der Waals surface area contributed by atoms with E-state index in [1.165, 1.54) is 6.42 Å². The summed E-state index contributed by atoms with van der Waals surface area (Å²) in [6, 6.07) is 0.905. The monoisotopic (exact) mass is 288 g/mol. The Morgan fingerprint density at radius 1 is 1.25 bits per heavy atom. The number of nitrogens with zero attached hydrogens (tertiary/aromatic N) is 2. The maximum atomic E-state index is 12.6. The first-order valence-electron chi connectivity index (χ1n) is 6.74. The van der Waals surface area contributed by atoms with Crippen molar-refractivity contribution in [2.24, 2.45) is 5.41 Å². The van der Waals surface area contributed by atoms with Gasteiger partial charge in [-0.15, -0.1) is 0 Å². The van der Waals surface area contributed by atoms with E-state index in [0.717, 1.165) is 31.7 Å². The number of halogens is 3. The molecular formula is C13H19F3N4. The Bertz CT molecular complexity index is 467. The lowest BCUT2D eigenvalue weighted by atomic mass is 9.76. The summed E-state index contributed by atoms with van der Waals surface area (Å²) in [6.07, 6.45) is 1.20. The molecule has 112 valence electrons. The van der Waals surface area contributed by atoms with Crippen LogP contribution in [0.25, 0.3) is 0 Å². The summed E-state index contributed by atoms with van der Waals surface area (Å²) in [6.45, 7) is 2.75. The van der Waals surface area contributed by atoms with Gasteiger partial charge in [0.1, 0.15) is 5.82 Å². The van der Waals surface area contributed by atoms with E-state index >= 15 is 0 Å². The van der Waals surface area contributed by atoms with E-state index in [1.54, 1.807) is 0 Å². The first-order chi connectivity index (χ1) is 9.28. The number of hydrogen-bond acceptors (Lipinski definition) is 4. The van der Waals surface area contributed by atoms with E-state index in [4.69, 9.17) is 5.73 Å². The molecular weight excluding hydrogens is 269 g/mol. The van der Waals surface area contributed by atoms with E-state index in [2.05, 4.69) is 22.2 Å². The third kappa shape index (κ3) is 3.74. The smallest absolute Gasteiger partial charge is 0.369 e. The standard InChI is InChI=1S/C13H19F3N4/c1-12(5-3-2-4-6-12)8-18-10-7-9(13(14,15)16)19-11(17)20-10/h7H,2-6,8H2,1H3,(H3,17,18,19,20). The fourth-order valence-electron chi connectivity index (χ4n) is 2.59. The van der Waals surface area contributed by atoms with Crippen molar-refractivity contribution in [1.82, 2.24) is 9.97 Å². The van der Waals surface area contributed by atoms with E-state index < -0.39 is 11.9 Å². The fourth-order valence-corrected chi connectivity index (χ4v) is 2.59. The lowest BCUT2D eigenvalue weighted by Crippen LogP contribution is -2.29. The maximum Gasteiger partial charge on any atom is 0.433 e. The topological polar surface area (TPSA) is 63.8 Å². The van der Waals surface area contributed by atoms with Crippen LogP contribution in [0.3, 0.4) is 0 Å². The van der Waals surface area contributed by atoms with Gasteiger partial charge in [-0.3, -0.25) is 0 Å². The lowest BCUT2D eigenvalue weighted by molar-refractivity contribution is -0.141. The van der Waals surface area contributed by atoms with Gasteiger partial charge in [0.05, 0.1) is 0 Å². The minimum Gasteiger partial charge on any atom is -0.369 e. The minimum atomic E-state index is -4.51. The molecule has 4 nitrogen and oxygen atoms in total. The summed E-state index contributed by atoms with van der Waals surface area (Å²) in [5.41, 5.74) is 4.43. The summed E-state index contributed by atoms with van der Waals surface area (Å²) < 4.78 is 37.9. The summed E-state index contributed by atoms with van der Waals surface area (Å²) >= 11 is 0. The Kier molecular flexibility index (Phi) is 4.06. The molecule has 7 heteroatoms. The first-order valence-corrected chi connectivity index (χ1v) is 6.74. The highest BCUT2D eigenvalue weighted by molar-refractivity contribution is 5.41. The fraction of sp³-hybridized carbons (Fsp3) is 0.692. The quantitative estimate of drug-likeness (QED) is 0.894. The molecule has 20 heavy (non-hydrogen) atoms. The number of aromatic nitrogens is 2. The largest absolute Gasteiger partial charge is 0.433 e. The second kappa shape index (κ2) is 5.46. The molecule has 1 fully saturated rings. The molecule has 1 aromatic rings. The number of anilines is 2. The summed E-state index contributed by atoms with van der Waals surface area (Å²) in [4.78, 5) is 7.04. The Balaban J connectivity index is 2.07. The molecule has 2 rings (SSSR count). The molecule has 0 atom stereocenters. The molecule has 0 unspecified atom stereocenters. The summed E-state index contributed by atoms with van der Waals surface area (Å²) in [5.74, 6) is -0.229. The predicted molar refractivity (Wildman–Crippen MR) is 71.1 cm³/mol. The zero-order valence-corrected chi connectivity index (χ0v) is 11.4. The SMILES string of the molecule is CC1(CNc2cc(C(F)(F)F)nc(N)n2)CCCCC1. The minimum absolute atomic E-state index is 0.107. The Morgan fingerprint density at radius 2 is 1.90 bits per heavy atom. The molecule has 0 aliphatic heterocycles. The highest BCUT2D eigenvalue weighted by Gasteiger charge is 2.34. The summed E-state index contributed by atoms with van der Waals surface area (Å²) in [5, 5.41) is 2.98. The van der Waals surface area contributed by atoms with Crippen LogP contribution in [0.2, 0.25) is 0 Å². The second-order valence-corrected chi connectivity index (χ2v) is 5.72. The molecule has 1 heterocycles. The molecule has 1 aromatic heterocycles. The van der Waals surface area contributed by atoms with Crippen molar-refractivity contribution in [3.05, 3.63) is 11.8 Å². The van der Waals surface area contributed by atoms with Crippen molar-refractivity contribution < 1.29 is 13.2 Å². The van der Waals surface area contributed by atoms with E-state index in [9.17, 15) is 13.2 Å². The van der Waals surface area contributed by atoms with Crippen LogP contribution in [0.5, 0.6) is 0 Å². The normalized spacial score (nSPS) is 18.8. The van der Waals surface area contributed by atoms with Crippen molar-refractivity contribution in [1.29, 1.82) is 0 Å². The van der Waals surface area contributed by atoms with E-state index in [0.29, 0.717) is 6.54 Å². The van der Waals surface area contributed by atoms with Gasteiger partial charge in [-0.2, -0.15) is 18.2 Å². The Morgan fingerprint density at radius 3 is 2.50 bits per heavy atom. The molecule has 1 saturated carbocycles. The molecule has 0 spiro atoms. The maximum absolute atomic E-state index is 12.6. The van der Waals surface area contributed by atoms with Crippen molar-refractivity contribution in [2.45, 2.75) is 45.2 Å². The van der Waals surface area contributed by atoms with Crippen LogP contribution in [0.15, 0.2) is 6.07 Å². The van der Waals surface area contributed by atoms with E-state index in [1.807, 2.05) is 0 Å². The van der Waals surface area contributed by atoms with Crippen molar-refractivity contribution >= 4 is 11.8 Å². The number of nitrogens with one attached hydrogen (secondary N) is 1. The third-order valence-electron chi connectivity index (χ3n) is 3.79. The van der Waals surface area contributed by atoms with Gasteiger partial charge in [-0.25, -0.2) is 4.98 Å². The molecule has 1 aliphatic rings. The third-order valence-corrected chi connectivity index (χ3v) is 3.79. The van der Waals surface area contributed by atoms with Crippen molar-refractivity contribution in [3.63, 3.8) is 0 Å². The van der Waals surface area contributed by atoms with Crippen LogP contribution in [0.1, 0.15) is 44.7 Å². The lowest BCUT2D eigenvalue weighted by Gasteiger charge is -2.33. The van der Waals surface area contributed by atoms with Gasteiger partial charge in [-0.05, 0) is 18.3 Å². The highest BCUT2D eigenvalue weighted by atomic mass is 19.4. The van der Waals surface area contributed by atoms with Gasteiger partial charge in [0, 0.05) is 12.6 Å². The molecule has 0 amide bonds. The number of nitrogens with two attached hydrogens (primary N) is 1. The van der Waals surface area contributed by atoms with Gasteiger partial charge in [0.15, 0.2) is 5.69 Å². The van der Waals surface area contributed by atoms with E-state index in [-0.39, 0.29) is 17.2 Å². The zero-order valence-electron chi connectivity index (χ0n) is 11.4. The predicted octanol–water partition coefficient (Wildman–Crippen LogP) is 3.46. The summed E-state index contributed by atoms with van der Waals surface area (Å²) in [7, 11) is 0. The number of hydrogen-bond donors (Lipinski definition) is 2. The average Bonchev–Trinajstić information content (AvgIpc) is 2.36. The highest BCUT2D eigenvalue weighted by Crippen LogP contribution is 2.36. The van der Waals surface area contributed by atoms with Crippen LogP contribution in [0.4, 0.5) is 24.9 Å². The van der Waals surface area contributed by atoms with Crippen molar-refractivity contribution in [3.8, 4) is 0 Å². The van der Waals surface area contributed by atoms with Gasteiger partial charge in [-0.1, -0.05) is 26.2 Å². The van der Waals surface area contributed by atoms with Crippen molar-refractivity contribution in [2.75, 3.05) is 17.6 Å². The van der Waals surface area contributed by atoms with Gasteiger partial charge in [0.2, 0.25) is 5.95 Å². The molecule has 0 radical (unpaired) electrons. The Labute approximate surface area is 116 Å². The van der Waals surface area contributed by atoms with Gasteiger partial charge >= 0.3 is 6.18 Å². The molecule has 3 N–H and O–H groups in total. The van der Waals surface area contributed by atoms with Crippen LogP contribution in [-0.2, 0) is 6.18 Å². The van der Waals surface area contributed by atoms with Crippen LogP contribution in [-0.4, -0.2) is 16.5 Å². The van der Waals surface area contributed by atoms with Gasteiger partial charge < -0.3 is 11.1 Å². The average molecular weight is 288 g/mol. The zero-order chi connectivity index (χ0) is 14.8. The molecule has 0 saturated heterocycles. The number of alkyl halides is 3. The van der Waals surface area contributed by atoms with Crippen LogP contribution in [0, 0.1) is 5.41 Å².